The quantitative estimate of drug-likeness (QED) is 0.454. The van der Waals surface area contributed by atoms with Gasteiger partial charge >= 0.3 is 18.9 Å². The first kappa shape index (κ1) is 11.9. The zero-order chi connectivity index (χ0) is 11.9. The molecule has 6 fully saturated rings. The van der Waals surface area contributed by atoms with Crippen LogP contribution in [0.2, 0.25) is 0 Å². The van der Waals surface area contributed by atoms with Crippen molar-refractivity contribution in [2.24, 2.45) is 40.9 Å². The van der Waals surface area contributed by atoms with E-state index in [1.54, 1.807) is 5.92 Å². The van der Waals surface area contributed by atoms with Crippen LogP contribution in [0.4, 0.5) is 0 Å². The molecular weight excluding hydrogens is 217 g/mol. The topological polar surface area (TPSA) is 20.3 Å². The molecule has 0 saturated heterocycles. The van der Waals surface area contributed by atoms with Gasteiger partial charge in [-0.1, -0.05) is 23.2 Å². The molecule has 1 amide bonds. The second-order valence-corrected chi connectivity index (χ2v) is 7.48. The molecule has 0 N–H and O–H groups in total. The summed E-state index contributed by atoms with van der Waals surface area (Å²) in [7, 11) is 0. The standard InChI is InChI=1S/C15H20NO.Li/c1-5(2)16(6(3)4)14(17)15-11-8-7-9(11)13(15)10(7)12(8)15;/h5-12H,1-4H3;/q-1;+1. The maximum atomic E-state index is 12.9. The van der Waals surface area contributed by atoms with Crippen LogP contribution >= 0.6 is 0 Å². The number of amides is 1. The second kappa shape index (κ2) is 2.89. The van der Waals surface area contributed by atoms with Gasteiger partial charge in [0.2, 0.25) is 0 Å². The molecule has 0 spiro atoms. The predicted molar refractivity (Wildman–Crippen MR) is 63.7 cm³/mol. The van der Waals surface area contributed by atoms with E-state index in [0.29, 0.717) is 18.0 Å². The van der Waals surface area contributed by atoms with Gasteiger partial charge in [0, 0.05) is 12.1 Å². The summed E-state index contributed by atoms with van der Waals surface area (Å²) in [5, 5.41) is 0. The largest absolute Gasteiger partial charge is 1.00 e. The molecule has 0 aromatic carbocycles. The molecule has 18 heavy (non-hydrogen) atoms. The van der Waals surface area contributed by atoms with E-state index in [9.17, 15) is 4.79 Å². The van der Waals surface area contributed by atoms with Crippen molar-refractivity contribution in [3.05, 3.63) is 5.92 Å². The van der Waals surface area contributed by atoms with Gasteiger partial charge in [-0.3, -0.25) is 10.7 Å². The average molecular weight is 237 g/mol. The predicted octanol–water partition coefficient (Wildman–Crippen LogP) is -1.04. The molecule has 6 saturated carbocycles. The summed E-state index contributed by atoms with van der Waals surface area (Å²) in [6.07, 6.45) is 0. The Balaban J connectivity index is 0.000000882. The van der Waals surface area contributed by atoms with Crippen molar-refractivity contribution in [2.75, 3.05) is 0 Å². The molecule has 6 aliphatic rings. The zero-order valence-electron chi connectivity index (χ0n) is 12.0. The van der Waals surface area contributed by atoms with Crippen LogP contribution in [0.25, 0.3) is 0 Å². The van der Waals surface area contributed by atoms with E-state index in [2.05, 4.69) is 32.6 Å². The van der Waals surface area contributed by atoms with Gasteiger partial charge in [-0.25, -0.2) is 0 Å². The monoisotopic (exact) mass is 237 g/mol. The van der Waals surface area contributed by atoms with Crippen molar-refractivity contribution in [1.82, 2.24) is 4.90 Å². The van der Waals surface area contributed by atoms with E-state index in [1.165, 1.54) is 0 Å². The van der Waals surface area contributed by atoms with Gasteiger partial charge in [-0.05, 0) is 33.6 Å². The van der Waals surface area contributed by atoms with Crippen molar-refractivity contribution in [3.63, 3.8) is 0 Å². The molecule has 0 aromatic heterocycles. The number of hydrogen-bond acceptors (Lipinski definition) is 1. The molecular formula is C15H20LiNO. The van der Waals surface area contributed by atoms with Gasteiger partial charge < -0.3 is 4.90 Å². The van der Waals surface area contributed by atoms with Crippen LogP contribution in [0.1, 0.15) is 27.7 Å². The van der Waals surface area contributed by atoms with Crippen LogP contribution in [0.5, 0.6) is 0 Å². The molecule has 2 nitrogen and oxygen atoms in total. The molecule has 4 atom stereocenters. The third-order valence-electron chi connectivity index (χ3n) is 6.83. The van der Waals surface area contributed by atoms with Crippen LogP contribution in [-0.4, -0.2) is 22.9 Å². The molecule has 4 unspecified atom stereocenters. The summed E-state index contributed by atoms with van der Waals surface area (Å²) in [5.74, 6) is 7.75. The molecule has 0 aromatic rings. The minimum atomic E-state index is 0. The Hall–Kier alpha value is 0.0674. The molecule has 6 aliphatic carbocycles. The molecule has 92 valence electrons. The number of nitrogens with zero attached hydrogens (tertiary/aromatic N) is 1. The summed E-state index contributed by atoms with van der Waals surface area (Å²) < 4.78 is 0. The Kier molecular flexibility index (Phi) is 1.90. The van der Waals surface area contributed by atoms with Crippen LogP contribution < -0.4 is 18.9 Å². The molecule has 0 heterocycles. The van der Waals surface area contributed by atoms with E-state index >= 15 is 0 Å². The summed E-state index contributed by atoms with van der Waals surface area (Å²) in [6, 6.07) is 0.701. The number of rotatable bonds is 3. The maximum absolute atomic E-state index is 12.9. The Morgan fingerprint density at radius 3 is 1.89 bits per heavy atom. The Morgan fingerprint density at radius 1 is 1.06 bits per heavy atom. The van der Waals surface area contributed by atoms with Crippen molar-refractivity contribution >= 4 is 5.91 Å². The van der Waals surface area contributed by atoms with Gasteiger partial charge in [0.1, 0.15) is 0 Å². The number of carbonyl (C=O) groups excluding carboxylic acids is 1. The van der Waals surface area contributed by atoms with Crippen LogP contribution in [0.15, 0.2) is 0 Å². The van der Waals surface area contributed by atoms with Gasteiger partial charge in [-0.15, -0.1) is 0 Å². The number of hydrogen-bond donors (Lipinski definition) is 0. The van der Waals surface area contributed by atoms with Crippen molar-refractivity contribution in [3.8, 4) is 0 Å². The normalized spacial score (nSPS) is 55.4. The molecule has 6 rings (SSSR count). The fourth-order valence-electron chi connectivity index (χ4n) is 6.69. The first-order valence-corrected chi connectivity index (χ1v) is 7.24. The van der Waals surface area contributed by atoms with Gasteiger partial charge in [0.25, 0.3) is 0 Å². The number of carbonyl (C=O) groups is 1. The molecule has 0 aliphatic heterocycles. The first-order valence-electron chi connectivity index (χ1n) is 7.24. The van der Waals surface area contributed by atoms with E-state index in [0.717, 1.165) is 35.5 Å². The second-order valence-electron chi connectivity index (χ2n) is 7.48. The minimum Gasteiger partial charge on any atom is -0.340 e. The maximum Gasteiger partial charge on any atom is 1.00 e. The molecule has 3 heteroatoms. The fourth-order valence-corrected chi connectivity index (χ4v) is 6.69. The Labute approximate surface area is 121 Å². The molecule has 0 bridgehead atoms. The van der Waals surface area contributed by atoms with E-state index in [4.69, 9.17) is 0 Å². The summed E-state index contributed by atoms with van der Waals surface area (Å²) >= 11 is 0. The SMILES string of the molecule is CC(C)N(C(=O)C12[C-]3C4C5C3C1C5C42)C(C)C.[Li+]. The molecule has 0 radical (unpaired) electrons. The van der Waals surface area contributed by atoms with Crippen molar-refractivity contribution in [2.45, 2.75) is 39.8 Å². The van der Waals surface area contributed by atoms with Crippen molar-refractivity contribution in [1.29, 1.82) is 0 Å². The van der Waals surface area contributed by atoms with Gasteiger partial charge in [-0.2, -0.15) is 11.8 Å². The Bertz CT molecular complexity index is 399. The minimum absolute atomic E-state index is 0. The zero-order valence-corrected chi connectivity index (χ0v) is 12.0. The van der Waals surface area contributed by atoms with E-state index < -0.39 is 0 Å². The first-order chi connectivity index (χ1) is 8.04. The third-order valence-corrected chi connectivity index (χ3v) is 6.83. The summed E-state index contributed by atoms with van der Waals surface area (Å²) in [5.41, 5.74) is 0.114. The average Bonchev–Trinajstić information content (AvgIpc) is 2.28. The smallest absolute Gasteiger partial charge is 0.340 e. The fraction of sp³-hybridized carbons (Fsp3) is 0.867. The summed E-state index contributed by atoms with van der Waals surface area (Å²) in [4.78, 5) is 15.1. The van der Waals surface area contributed by atoms with Crippen LogP contribution in [0, 0.1) is 46.8 Å². The van der Waals surface area contributed by atoms with E-state index in [1.807, 2.05) is 0 Å². The van der Waals surface area contributed by atoms with E-state index in [-0.39, 0.29) is 24.3 Å². The van der Waals surface area contributed by atoms with Crippen LogP contribution in [0.3, 0.4) is 0 Å². The Morgan fingerprint density at radius 2 is 1.56 bits per heavy atom. The van der Waals surface area contributed by atoms with Gasteiger partial charge in [0.15, 0.2) is 5.91 Å². The third kappa shape index (κ3) is 0.702. The summed E-state index contributed by atoms with van der Waals surface area (Å²) in [6.45, 7) is 8.63. The van der Waals surface area contributed by atoms with Crippen molar-refractivity contribution < 1.29 is 23.7 Å². The van der Waals surface area contributed by atoms with Crippen LogP contribution in [-0.2, 0) is 4.79 Å². The van der Waals surface area contributed by atoms with Gasteiger partial charge in [0.05, 0.1) is 0 Å².